The lowest BCUT2D eigenvalue weighted by atomic mass is 10.2. The van der Waals surface area contributed by atoms with E-state index in [0.717, 1.165) is 18.8 Å². The summed E-state index contributed by atoms with van der Waals surface area (Å²) in [4.78, 5) is 5.72. The zero-order valence-electron chi connectivity index (χ0n) is 9.08. The quantitative estimate of drug-likeness (QED) is 0.602. The van der Waals surface area contributed by atoms with E-state index in [1.54, 1.807) is 11.3 Å². The second-order valence-corrected chi connectivity index (χ2v) is 4.62. The highest BCUT2D eigenvalue weighted by atomic mass is 32.1. The number of hydrogen-bond donors (Lipinski definition) is 1. The van der Waals surface area contributed by atoms with Crippen LogP contribution >= 0.6 is 11.3 Å². The highest BCUT2D eigenvalue weighted by Gasteiger charge is 2.02. The van der Waals surface area contributed by atoms with Crippen molar-refractivity contribution in [1.82, 2.24) is 0 Å². The molecule has 0 bridgehead atoms. The van der Waals surface area contributed by atoms with Crippen molar-refractivity contribution < 1.29 is 0 Å². The van der Waals surface area contributed by atoms with Crippen LogP contribution in [0, 0.1) is 5.92 Å². The molecule has 1 heterocycles. The Morgan fingerprint density at radius 2 is 2.29 bits per heavy atom. The zero-order valence-corrected chi connectivity index (χ0v) is 9.90. The maximum atomic E-state index is 5.78. The Hall–Kier alpha value is -0.830. The maximum absolute atomic E-state index is 5.78. The minimum Gasteiger partial charge on any atom is -0.387 e. The van der Waals surface area contributed by atoms with Gasteiger partial charge in [0.1, 0.15) is 0 Å². The van der Waals surface area contributed by atoms with Crippen LogP contribution in [0.2, 0.25) is 0 Å². The Kier molecular flexibility index (Phi) is 4.14. The standard InChI is InChI=1S/C11H18N2S/c1-4-9-5-6-14-10(9)7-13-11(12)8(2)3/h5-6,8H,4,7H2,1-3H3,(H2,12,13). The summed E-state index contributed by atoms with van der Waals surface area (Å²) < 4.78 is 0. The monoisotopic (exact) mass is 210 g/mol. The van der Waals surface area contributed by atoms with Gasteiger partial charge >= 0.3 is 0 Å². The Bertz CT molecular complexity index is 313. The van der Waals surface area contributed by atoms with Crippen LogP contribution in [0.15, 0.2) is 16.4 Å². The molecule has 0 radical (unpaired) electrons. The molecule has 0 aliphatic carbocycles. The van der Waals surface area contributed by atoms with Gasteiger partial charge in [-0.25, -0.2) is 0 Å². The summed E-state index contributed by atoms with van der Waals surface area (Å²) in [6.07, 6.45) is 1.08. The van der Waals surface area contributed by atoms with Gasteiger partial charge in [-0.2, -0.15) is 0 Å². The smallest absolute Gasteiger partial charge is 0.0967 e. The second kappa shape index (κ2) is 5.15. The van der Waals surface area contributed by atoms with Crippen LogP contribution in [0.5, 0.6) is 0 Å². The molecule has 0 aliphatic rings. The summed E-state index contributed by atoms with van der Waals surface area (Å²) in [5, 5.41) is 2.12. The first-order valence-corrected chi connectivity index (χ1v) is 5.88. The van der Waals surface area contributed by atoms with Gasteiger partial charge in [-0.3, -0.25) is 4.99 Å². The zero-order chi connectivity index (χ0) is 10.6. The number of hydrogen-bond acceptors (Lipinski definition) is 2. The first kappa shape index (κ1) is 11.2. The fourth-order valence-electron chi connectivity index (χ4n) is 1.17. The van der Waals surface area contributed by atoms with Gasteiger partial charge in [0.25, 0.3) is 0 Å². The third-order valence-electron chi connectivity index (χ3n) is 2.22. The SMILES string of the molecule is CCc1ccsc1CN=C(N)C(C)C. The molecule has 2 N–H and O–H groups in total. The summed E-state index contributed by atoms with van der Waals surface area (Å²) in [6.45, 7) is 7.04. The van der Waals surface area contributed by atoms with Crippen LogP contribution in [-0.4, -0.2) is 5.84 Å². The number of thiophene rings is 1. The van der Waals surface area contributed by atoms with E-state index in [2.05, 4.69) is 37.2 Å². The second-order valence-electron chi connectivity index (χ2n) is 3.62. The molecule has 0 fully saturated rings. The number of rotatable bonds is 4. The number of aliphatic imine (C=N–C) groups is 1. The average Bonchev–Trinajstić information content (AvgIpc) is 2.60. The lowest BCUT2D eigenvalue weighted by molar-refractivity contribution is 0.855. The molecule has 0 aliphatic heterocycles. The molecule has 0 aromatic carbocycles. The first-order valence-electron chi connectivity index (χ1n) is 5.00. The van der Waals surface area contributed by atoms with Crippen molar-refractivity contribution in [3.8, 4) is 0 Å². The van der Waals surface area contributed by atoms with Gasteiger partial charge in [0.15, 0.2) is 0 Å². The molecule has 1 aromatic rings. The fraction of sp³-hybridized carbons (Fsp3) is 0.545. The third kappa shape index (κ3) is 2.84. The molecule has 0 spiro atoms. The summed E-state index contributed by atoms with van der Waals surface area (Å²) in [5.74, 6) is 1.10. The highest BCUT2D eigenvalue weighted by Crippen LogP contribution is 2.18. The maximum Gasteiger partial charge on any atom is 0.0967 e. The number of nitrogens with zero attached hydrogens (tertiary/aromatic N) is 1. The number of nitrogens with two attached hydrogens (primary N) is 1. The molecule has 0 atom stereocenters. The van der Waals surface area contributed by atoms with Crippen molar-refractivity contribution in [3.05, 3.63) is 21.9 Å². The van der Waals surface area contributed by atoms with Gasteiger partial charge in [-0.1, -0.05) is 20.8 Å². The van der Waals surface area contributed by atoms with E-state index in [1.807, 2.05) is 0 Å². The topological polar surface area (TPSA) is 38.4 Å². The molecular weight excluding hydrogens is 192 g/mol. The van der Waals surface area contributed by atoms with Crippen molar-refractivity contribution in [2.24, 2.45) is 16.6 Å². The molecule has 0 saturated heterocycles. The number of amidine groups is 1. The molecular formula is C11H18N2S. The van der Waals surface area contributed by atoms with E-state index < -0.39 is 0 Å². The molecule has 78 valence electrons. The van der Waals surface area contributed by atoms with Crippen molar-refractivity contribution >= 4 is 17.2 Å². The molecule has 0 amide bonds. The van der Waals surface area contributed by atoms with Crippen molar-refractivity contribution in [2.75, 3.05) is 0 Å². The molecule has 2 nitrogen and oxygen atoms in total. The van der Waals surface area contributed by atoms with E-state index in [1.165, 1.54) is 10.4 Å². The largest absolute Gasteiger partial charge is 0.387 e. The van der Waals surface area contributed by atoms with Crippen molar-refractivity contribution in [2.45, 2.75) is 33.7 Å². The minimum absolute atomic E-state index is 0.347. The molecule has 0 saturated carbocycles. The molecule has 0 unspecified atom stereocenters. The predicted molar refractivity (Wildman–Crippen MR) is 63.9 cm³/mol. The van der Waals surface area contributed by atoms with Crippen LogP contribution < -0.4 is 5.73 Å². The van der Waals surface area contributed by atoms with Gasteiger partial charge in [-0.15, -0.1) is 11.3 Å². The van der Waals surface area contributed by atoms with Gasteiger partial charge in [-0.05, 0) is 23.4 Å². The van der Waals surface area contributed by atoms with Crippen LogP contribution in [0.1, 0.15) is 31.2 Å². The first-order chi connectivity index (χ1) is 6.65. The predicted octanol–water partition coefficient (Wildman–Crippen LogP) is 2.82. The van der Waals surface area contributed by atoms with E-state index in [0.29, 0.717) is 5.92 Å². The lowest BCUT2D eigenvalue weighted by Gasteiger charge is -2.03. The third-order valence-corrected chi connectivity index (χ3v) is 3.16. The average molecular weight is 210 g/mol. The Morgan fingerprint density at radius 1 is 1.57 bits per heavy atom. The van der Waals surface area contributed by atoms with Crippen LogP contribution in [0.25, 0.3) is 0 Å². The van der Waals surface area contributed by atoms with E-state index in [-0.39, 0.29) is 0 Å². The normalized spacial score (nSPS) is 12.4. The summed E-state index contributed by atoms with van der Waals surface area (Å²) in [6, 6.07) is 2.17. The molecule has 14 heavy (non-hydrogen) atoms. The lowest BCUT2D eigenvalue weighted by Crippen LogP contribution is -2.18. The van der Waals surface area contributed by atoms with Gasteiger partial charge in [0.05, 0.1) is 12.4 Å². The Balaban J connectivity index is 2.65. The molecule has 1 aromatic heterocycles. The van der Waals surface area contributed by atoms with Crippen LogP contribution in [0.3, 0.4) is 0 Å². The van der Waals surface area contributed by atoms with Crippen LogP contribution in [-0.2, 0) is 13.0 Å². The summed E-state index contributed by atoms with van der Waals surface area (Å²) in [5.41, 5.74) is 7.18. The van der Waals surface area contributed by atoms with E-state index >= 15 is 0 Å². The Morgan fingerprint density at radius 3 is 2.86 bits per heavy atom. The highest BCUT2D eigenvalue weighted by molar-refractivity contribution is 7.10. The fourth-order valence-corrected chi connectivity index (χ4v) is 2.07. The van der Waals surface area contributed by atoms with E-state index in [4.69, 9.17) is 5.73 Å². The summed E-state index contributed by atoms with van der Waals surface area (Å²) in [7, 11) is 0. The summed E-state index contributed by atoms with van der Waals surface area (Å²) >= 11 is 1.77. The van der Waals surface area contributed by atoms with E-state index in [9.17, 15) is 0 Å². The van der Waals surface area contributed by atoms with Crippen molar-refractivity contribution in [3.63, 3.8) is 0 Å². The number of aryl methyl sites for hydroxylation is 1. The van der Waals surface area contributed by atoms with Gasteiger partial charge in [0, 0.05) is 10.8 Å². The van der Waals surface area contributed by atoms with Gasteiger partial charge < -0.3 is 5.73 Å². The minimum atomic E-state index is 0.347. The van der Waals surface area contributed by atoms with Crippen molar-refractivity contribution in [1.29, 1.82) is 0 Å². The van der Waals surface area contributed by atoms with Gasteiger partial charge in [0.2, 0.25) is 0 Å². The Labute approximate surface area is 89.9 Å². The molecule has 1 rings (SSSR count). The van der Waals surface area contributed by atoms with Crippen LogP contribution in [0.4, 0.5) is 0 Å². The molecule has 3 heteroatoms.